The summed E-state index contributed by atoms with van der Waals surface area (Å²) in [4.78, 5) is 76.5. The van der Waals surface area contributed by atoms with Crippen LogP contribution in [-0.2, 0) is 28.7 Å². The number of esters is 1. The van der Waals surface area contributed by atoms with Crippen LogP contribution in [0.5, 0.6) is 0 Å². The van der Waals surface area contributed by atoms with Crippen molar-refractivity contribution >= 4 is 35.5 Å². The molecular weight excluding hydrogens is 494 g/mol. The van der Waals surface area contributed by atoms with Gasteiger partial charge in [0.2, 0.25) is 17.6 Å². The molecular formula is C26H43N5O7. The van der Waals surface area contributed by atoms with E-state index >= 15 is 0 Å². The summed E-state index contributed by atoms with van der Waals surface area (Å²) in [5.41, 5.74) is 4.47. The second-order valence-corrected chi connectivity index (χ2v) is 11.5. The van der Waals surface area contributed by atoms with E-state index in [9.17, 15) is 28.8 Å². The molecule has 0 aromatic carbocycles. The Morgan fingerprint density at radius 1 is 1.05 bits per heavy atom. The average Bonchev–Trinajstić information content (AvgIpc) is 3.55. The zero-order valence-corrected chi connectivity index (χ0v) is 23.1. The van der Waals surface area contributed by atoms with E-state index in [1.165, 1.54) is 4.90 Å². The molecule has 0 spiro atoms. The van der Waals surface area contributed by atoms with Gasteiger partial charge in [0.25, 0.3) is 5.91 Å². The Morgan fingerprint density at radius 2 is 1.71 bits per heavy atom. The molecule has 0 radical (unpaired) electrons. The van der Waals surface area contributed by atoms with Crippen LogP contribution in [0.4, 0.5) is 4.79 Å². The molecule has 38 heavy (non-hydrogen) atoms. The first kappa shape index (κ1) is 31.0. The summed E-state index contributed by atoms with van der Waals surface area (Å²) in [5, 5.41) is 7.69. The summed E-state index contributed by atoms with van der Waals surface area (Å²) >= 11 is 0. The van der Waals surface area contributed by atoms with Gasteiger partial charge in [-0.05, 0) is 49.4 Å². The summed E-state index contributed by atoms with van der Waals surface area (Å²) in [5.74, 6) is -3.10. The molecule has 5 N–H and O–H groups in total. The van der Waals surface area contributed by atoms with Crippen LogP contribution in [0.15, 0.2) is 0 Å². The summed E-state index contributed by atoms with van der Waals surface area (Å²) in [6.45, 7) is 9.46. The number of nitrogens with two attached hydrogens (primary N) is 1. The van der Waals surface area contributed by atoms with Gasteiger partial charge in [-0.1, -0.05) is 41.0 Å². The highest BCUT2D eigenvalue weighted by molar-refractivity contribution is 6.37. The first-order chi connectivity index (χ1) is 17.7. The molecule has 2 rings (SSSR count). The summed E-state index contributed by atoms with van der Waals surface area (Å²) in [7, 11) is 0. The van der Waals surface area contributed by atoms with Crippen molar-refractivity contribution in [1.82, 2.24) is 20.9 Å². The van der Waals surface area contributed by atoms with Gasteiger partial charge in [0, 0.05) is 6.54 Å². The van der Waals surface area contributed by atoms with E-state index in [1.54, 1.807) is 20.8 Å². The first-order valence-electron chi connectivity index (χ1n) is 13.4. The Kier molecular flexibility index (Phi) is 11.1. The van der Waals surface area contributed by atoms with Gasteiger partial charge in [0.1, 0.15) is 18.6 Å². The third-order valence-electron chi connectivity index (χ3n) is 7.01. The SMILES string of the molecule is CCC(C)CC(NC(=O)C1CCCN1C(=O)C(NC(=O)NCC(=O)OCC1CC1)C(C)(C)C)C(=O)C(N)=O. The summed E-state index contributed by atoms with van der Waals surface area (Å²) in [6.07, 6.45) is 3.98. The monoisotopic (exact) mass is 537 g/mol. The van der Waals surface area contributed by atoms with Crippen molar-refractivity contribution in [1.29, 1.82) is 0 Å². The van der Waals surface area contributed by atoms with Gasteiger partial charge >= 0.3 is 12.0 Å². The fourth-order valence-electron chi connectivity index (χ4n) is 4.24. The molecule has 4 atom stereocenters. The first-order valence-corrected chi connectivity index (χ1v) is 13.4. The molecule has 0 aromatic rings. The molecule has 0 aromatic heterocycles. The number of carbonyl (C=O) groups excluding carboxylic acids is 6. The Bertz CT molecular complexity index is 912. The maximum absolute atomic E-state index is 13.6. The molecule has 12 heteroatoms. The number of nitrogens with zero attached hydrogens (tertiary/aromatic N) is 1. The molecule has 1 heterocycles. The standard InChI is InChI=1S/C26H43N5O7/c1-6-15(2)12-17(20(33)22(27)34)29-23(35)18-8-7-11-31(18)24(36)21(26(3,4)5)30-25(37)28-13-19(32)38-14-16-9-10-16/h15-18,21H,6-14H2,1-5H3,(H2,27,34)(H,29,35)(H2,28,30,37). The molecule has 2 aliphatic rings. The van der Waals surface area contributed by atoms with Crippen LogP contribution < -0.4 is 21.7 Å². The smallest absolute Gasteiger partial charge is 0.325 e. The molecule has 1 saturated carbocycles. The van der Waals surface area contributed by atoms with Crippen LogP contribution in [0.1, 0.15) is 73.1 Å². The van der Waals surface area contributed by atoms with Crippen LogP contribution in [0.25, 0.3) is 0 Å². The lowest BCUT2D eigenvalue weighted by atomic mass is 9.85. The van der Waals surface area contributed by atoms with Crippen molar-refractivity contribution < 1.29 is 33.5 Å². The van der Waals surface area contributed by atoms with Crippen LogP contribution in [0.2, 0.25) is 0 Å². The lowest BCUT2D eigenvalue weighted by Crippen LogP contribution is -2.60. The van der Waals surface area contributed by atoms with Gasteiger partial charge in [0.15, 0.2) is 0 Å². The number of primary amides is 1. The van der Waals surface area contributed by atoms with E-state index in [2.05, 4.69) is 16.0 Å². The predicted molar refractivity (Wildman–Crippen MR) is 138 cm³/mol. The van der Waals surface area contributed by atoms with Gasteiger partial charge in [-0.15, -0.1) is 0 Å². The molecule has 214 valence electrons. The molecule has 1 aliphatic heterocycles. The predicted octanol–water partition coefficient (Wildman–Crippen LogP) is 0.620. The van der Waals surface area contributed by atoms with Crippen molar-refractivity contribution in [3.8, 4) is 0 Å². The molecule has 2 fully saturated rings. The Balaban J connectivity index is 2.05. The van der Waals surface area contributed by atoms with E-state index in [4.69, 9.17) is 10.5 Å². The van der Waals surface area contributed by atoms with E-state index in [-0.39, 0.29) is 18.9 Å². The topological polar surface area (TPSA) is 177 Å². The largest absolute Gasteiger partial charge is 0.464 e. The number of hydrogen-bond donors (Lipinski definition) is 4. The van der Waals surface area contributed by atoms with Gasteiger partial charge < -0.3 is 31.3 Å². The van der Waals surface area contributed by atoms with Crippen LogP contribution in [0, 0.1) is 17.3 Å². The number of rotatable bonds is 13. The fraction of sp³-hybridized carbons (Fsp3) is 0.769. The minimum atomic E-state index is -1.13. The lowest BCUT2D eigenvalue weighted by molar-refractivity contribution is -0.143. The maximum atomic E-state index is 13.6. The molecule has 4 unspecified atom stereocenters. The van der Waals surface area contributed by atoms with Crippen molar-refractivity contribution in [3.63, 3.8) is 0 Å². The van der Waals surface area contributed by atoms with E-state index in [1.807, 2.05) is 13.8 Å². The number of hydrogen-bond acceptors (Lipinski definition) is 7. The van der Waals surface area contributed by atoms with Gasteiger partial charge in [0.05, 0.1) is 12.6 Å². The number of amides is 5. The highest BCUT2D eigenvalue weighted by Crippen LogP contribution is 2.29. The van der Waals surface area contributed by atoms with Crippen LogP contribution in [0.3, 0.4) is 0 Å². The Morgan fingerprint density at radius 3 is 2.26 bits per heavy atom. The number of ketones is 1. The van der Waals surface area contributed by atoms with E-state index in [0.29, 0.717) is 31.9 Å². The van der Waals surface area contributed by atoms with Gasteiger partial charge in [-0.3, -0.25) is 24.0 Å². The number of carbonyl (C=O) groups is 6. The van der Waals surface area contributed by atoms with Crippen molar-refractivity contribution in [2.75, 3.05) is 19.7 Å². The zero-order chi connectivity index (χ0) is 28.6. The maximum Gasteiger partial charge on any atom is 0.325 e. The quantitative estimate of drug-likeness (QED) is 0.196. The second kappa shape index (κ2) is 13.6. The average molecular weight is 538 g/mol. The highest BCUT2D eigenvalue weighted by Gasteiger charge is 2.42. The van der Waals surface area contributed by atoms with Crippen LogP contribution in [-0.4, -0.2) is 78.2 Å². The minimum absolute atomic E-state index is 0.0592. The normalized spacial score (nSPS) is 19.6. The Hall–Kier alpha value is -3.18. The van der Waals surface area contributed by atoms with E-state index in [0.717, 1.165) is 19.3 Å². The number of Topliss-reactive ketones (excluding diaryl/α,β-unsaturated/α-hetero) is 1. The summed E-state index contributed by atoms with van der Waals surface area (Å²) < 4.78 is 5.10. The number of urea groups is 1. The van der Waals surface area contributed by atoms with Crippen molar-refractivity contribution in [2.24, 2.45) is 23.0 Å². The summed E-state index contributed by atoms with van der Waals surface area (Å²) in [6, 6.07) is -3.65. The molecule has 1 aliphatic carbocycles. The molecule has 1 saturated heterocycles. The van der Waals surface area contributed by atoms with Gasteiger partial charge in [-0.2, -0.15) is 0 Å². The highest BCUT2D eigenvalue weighted by atomic mass is 16.5. The molecule has 0 bridgehead atoms. The van der Waals surface area contributed by atoms with E-state index < -0.39 is 59.0 Å². The zero-order valence-electron chi connectivity index (χ0n) is 23.1. The Labute approximate surface area is 224 Å². The number of likely N-dealkylation sites (tertiary alicyclic amines) is 1. The van der Waals surface area contributed by atoms with Crippen molar-refractivity contribution in [3.05, 3.63) is 0 Å². The van der Waals surface area contributed by atoms with Crippen LogP contribution >= 0.6 is 0 Å². The van der Waals surface area contributed by atoms with Crippen molar-refractivity contribution in [2.45, 2.75) is 91.3 Å². The number of nitrogens with one attached hydrogen (secondary N) is 3. The number of ether oxygens (including phenoxy) is 1. The molecule has 5 amide bonds. The third-order valence-corrected chi connectivity index (χ3v) is 7.01. The second-order valence-electron chi connectivity index (χ2n) is 11.5. The minimum Gasteiger partial charge on any atom is -0.464 e. The lowest BCUT2D eigenvalue weighted by Gasteiger charge is -2.35. The van der Waals surface area contributed by atoms with Gasteiger partial charge in [-0.25, -0.2) is 4.79 Å². The fourth-order valence-corrected chi connectivity index (χ4v) is 4.24. The third kappa shape index (κ3) is 9.29. The molecule has 12 nitrogen and oxygen atoms in total.